The van der Waals surface area contributed by atoms with E-state index in [1.54, 1.807) is 12.1 Å². The second-order valence-electron chi connectivity index (χ2n) is 23.7. The van der Waals surface area contributed by atoms with Gasteiger partial charge >= 0.3 is 0 Å². The lowest BCUT2D eigenvalue weighted by molar-refractivity contribution is 0.509. The van der Waals surface area contributed by atoms with Gasteiger partial charge in [-0.05, 0) is 190 Å². The fourth-order valence-corrected chi connectivity index (χ4v) is 14.5. The molecule has 0 N–H and O–H groups in total. The summed E-state index contributed by atoms with van der Waals surface area (Å²) in [6, 6.07) is 80.1. The molecule has 1 heterocycles. The summed E-state index contributed by atoms with van der Waals surface area (Å²) in [5.74, 6) is -3.88. The van der Waals surface area contributed by atoms with Crippen LogP contribution in [0.4, 0.5) is 51.7 Å². The Hall–Kier alpha value is -10.8. The van der Waals surface area contributed by atoms with E-state index in [1.807, 2.05) is 70.5 Å². The van der Waals surface area contributed by atoms with Gasteiger partial charge in [-0.25, -0.2) is 17.6 Å². The van der Waals surface area contributed by atoms with Crippen LogP contribution in [0.1, 0.15) is 77.9 Å². The van der Waals surface area contributed by atoms with E-state index in [4.69, 9.17) is 4.42 Å². The number of rotatable bonds is 12. The number of benzene rings is 12. The van der Waals surface area contributed by atoms with Gasteiger partial charge in [-0.2, -0.15) is 0 Å². The van der Waals surface area contributed by atoms with Crippen molar-refractivity contribution in [3.8, 4) is 22.3 Å². The summed E-state index contributed by atoms with van der Waals surface area (Å²) in [4.78, 5) is 3.89. The van der Waals surface area contributed by atoms with Crippen LogP contribution in [-0.4, -0.2) is 0 Å². The molecule has 89 heavy (non-hydrogen) atoms. The number of anilines is 6. The normalized spacial score (nSPS) is 15.4. The van der Waals surface area contributed by atoms with Crippen LogP contribution in [0.25, 0.3) is 56.3 Å². The van der Waals surface area contributed by atoms with Gasteiger partial charge in [-0.1, -0.05) is 182 Å². The average molecular weight is 1160 g/mol. The number of aryl methyl sites for hydroxylation is 4. The van der Waals surface area contributed by atoms with E-state index in [-0.39, 0.29) is 0 Å². The molecule has 0 fully saturated rings. The van der Waals surface area contributed by atoms with Crippen molar-refractivity contribution in [2.24, 2.45) is 0 Å². The van der Waals surface area contributed by atoms with Crippen molar-refractivity contribution in [3.63, 3.8) is 0 Å². The molecule has 1 aromatic heterocycles. The second kappa shape index (κ2) is 21.0. The molecule has 3 nitrogen and oxygen atoms in total. The molecule has 0 spiro atoms. The van der Waals surface area contributed by atoms with Crippen LogP contribution in [0.5, 0.6) is 0 Å². The lowest BCUT2D eigenvalue weighted by atomic mass is 9.66. The second-order valence-corrected chi connectivity index (χ2v) is 23.7. The highest BCUT2D eigenvalue weighted by molar-refractivity contribution is 6.07. The molecule has 430 valence electrons. The predicted octanol–water partition coefficient (Wildman–Crippen LogP) is 22.3. The van der Waals surface area contributed by atoms with Gasteiger partial charge in [0.2, 0.25) is 0 Å². The molecule has 0 radical (unpaired) electrons. The van der Waals surface area contributed by atoms with Crippen molar-refractivity contribution in [3.05, 3.63) is 357 Å². The maximum absolute atomic E-state index is 15.8. The third kappa shape index (κ3) is 8.47. The van der Waals surface area contributed by atoms with Crippen LogP contribution in [-0.2, 0) is 10.8 Å². The molecule has 2 aliphatic carbocycles. The minimum absolute atomic E-state index is 0.403. The van der Waals surface area contributed by atoms with E-state index < -0.39 is 34.1 Å². The van der Waals surface area contributed by atoms with Gasteiger partial charge in [-0.3, -0.25) is 0 Å². The average Bonchev–Trinajstić information content (AvgIpc) is 1.58. The SMILES string of the molecule is C=Cc1ccc(C2(c3cc(C)ccc3C)c3ccccc3-c3ccc(N(c4ccc(F)c(F)c4)c4ccc5c(c4)oc4cc(N(c6ccc(F)c(F)c6)c6ccc7c(c6)C(c6ccc(C=C)cc6)(c6cc(C)ccc6C)c6ccccc6-7)ccc45)cc32)cc1. The maximum atomic E-state index is 15.8. The smallest absolute Gasteiger partial charge is 0.160 e. The van der Waals surface area contributed by atoms with E-state index >= 15 is 17.6 Å². The predicted molar refractivity (Wildman–Crippen MR) is 357 cm³/mol. The highest BCUT2D eigenvalue weighted by Gasteiger charge is 2.49. The molecule has 7 heteroatoms. The third-order valence-electron chi connectivity index (χ3n) is 18.6. The Kier molecular flexibility index (Phi) is 12.9. The summed E-state index contributed by atoms with van der Waals surface area (Å²) in [5.41, 5.74) is 22.7. The Morgan fingerprint density at radius 1 is 0.326 bits per heavy atom. The van der Waals surface area contributed by atoms with E-state index in [9.17, 15) is 0 Å². The Balaban J connectivity index is 0.904. The van der Waals surface area contributed by atoms with E-state index in [0.717, 1.165) is 123 Å². The van der Waals surface area contributed by atoms with Crippen molar-refractivity contribution < 1.29 is 22.0 Å². The molecule has 0 saturated carbocycles. The Morgan fingerprint density at radius 3 is 1.09 bits per heavy atom. The van der Waals surface area contributed by atoms with E-state index in [1.165, 1.54) is 12.1 Å². The lowest BCUT2D eigenvalue weighted by Crippen LogP contribution is -2.30. The summed E-state index contributed by atoms with van der Waals surface area (Å²) in [5, 5.41) is 1.63. The summed E-state index contributed by atoms with van der Waals surface area (Å²) < 4.78 is 68.6. The fourth-order valence-electron chi connectivity index (χ4n) is 14.5. The molecular formula is C82H58F4N2O. The number of hydrogen-bond acceptors (Lipinski definition) is 3. The quantitative estimate of drug-likeness (QED) is 0.114. The fraction of sp³-hybridized carbons (Fsp3) is 0.0732. The van der Waals surface area contributed by atoms with Crippen molar-refractivity contribution >= 4 is 68.2 Å². The highest BCUT2D eigenvalue weighted by Crippen LogP contribution is 2.60. The van der Waals surface area contributed by atoms with E-state index in [2.05, 4.69) is 199 Å². The first-order valence-electron chi connectivity index (χ1n) is 29.9. The lowest BCUT2D eigenvalue weighted by Gasteiger charge is -2.36. The molecule has 15 rings (SSSR count). The molecule has 12 aromatic carbocycles. The first-order chi connectivity index (χ1) is 43.3. The van der Waals surface area contributed by atoms with Crippen LogP contribution in [0.3, 0.4) is 0 Å². The number of hydrogen-bond donors (Lipinski definition) is 0. The Labute approximate surface area is 515 Å². The van der Waals surface area contributed by atoms with E-state index in [0.29, 0.717) is 45.3 Å². The highest BCUT2D eigenvalue weighted by atomic mass is 19.2. The van der Waals surface area contributed by atoms with Gasteiger partial charge < -0.3 is 14.2 Å². The van der Waals surface area contributed by atoms with Crippen molar-refractivity contribution in [1.29, 1.82) is 0 Å². The first-order valence-corrected chi connectivity index (χ1v) is 29.9. The zero-order valence-electron chi connectivity index (χ0n) is 49.5. The van der Waals surface area contributed by atoms with Gasteiger partial charge in [0, 0.05) is 69.2 Å². The van der Waals surface area contributed by atoms with Gasteiger partial charge in [0.25, 0.3) is 0 Å². The third-order valence-corrected chi connectivity index (χ3v) is 18.6. The monoisotopic (exact) mass is 1160 g/mol. The van der Waals surface area contributed by atoms with Gasteiger partial charge in [0.05, 0.1) is 10.8 Å². The standard InChI is InChI=1S/C82H58F4N2O/c1-7-53-21-25-55(26-22-53)81(71-41-49(3)17-19-51(71)5)69-15-11-9-13-63(69)65-35-29-57(43-73(65)81)87(59-33-39-75(83)77(85)45-59)61-31-37-67-68-38-32-62(48-80(68)89-79(67)47-61)88(60-34-40-76(84)78(86)46-60)58-30-36-66-64-14-10-12-16-70(64)82(74(66)44-58,56-27-23-54(8-2)24-28-56)72-42-50(4)18-20-52(72)6/h7-48H,1-2H2,3-6H3. The molecule has 0 amide bonds. The molecular weight excluding hydrogens is 1100 g/mol. The maximum Gasteiger partial charge on any atom is 0.160 e. The summed E-state index contributed by atoms with van der Waals surface area (Å²) >= 11 is 0. The largest absolute Gasteiger partial charge is 0.456 e. The molecule has 2 unspecified atom stereocenters. The number of halogens is 4. The van der Waals surface area contributed by atoms with Crippen molar-refractivity contribution in [1.82, 2.24) is 0 Å². The zero-order chi connectivity index (χ0) is 61.0. The molecule has 0 saturated heterocycles. The molecule has 0 bridgehead atoms. The van der Waals surface area contributed by atoms with Crippen molar-refractivity contribution in [2.75, 3.05) is 9.80 Å². The first kappa shape index (κ1) is 54.9. The molecule has 0 aliphatic heterocycles. The van der Waals surface area contributed by atoms with Crippen LogP contribution in [0.15, 0.2) is 260 Å². The molecule has 13 aromatic rings. The van der Waals surface area contributed by atoms with Gasteiger partial charge in [0.1, 0.15) is 11.2 Å². The van der Waals surface area contributed by atoms with Gasteiger partial charge in [0.15, 0.2) is 23.3 Å². The Morgan fingerprint density at radius 2 is 0.685 bits per heavy atom. The summed E-state index contributed by atoms with van der Waals surface area (Å²) in [7, 11) is 0. The zero-order valence-corrected chi connectivity index (χ0v) is 49.5. The Bertz CT molecular complexity index is 4760. The van der Waals surface area contributed by atoms with Crippen LogP contribution in [0.2, 0.25) is 0 Å². The summed E-state index contributed by atoms with van der Waals surface area (Å²) in [6.07, 6.45) is 3.70. The van der Waals surface area contributed by atoms with Crippen molar-refractivity contribution in [2.45, 2.75) is 38.5 Å². The number of furan rings is 1. The minimum atomic E-state index is -0.984. The molecule has 2 atom stereocenters. The van der Waals surface area contributed by atoms with Crippen LogP contribution < -0.4 is 9.80 Å². The van der Waals surface area contributed by atoms with Crippen LogP contribution in [0, 0.1) is 51.0 Å². The minimum Gasteiger partial charge on any atom is -0.456 e. The van der Waals surface area contributed by atoms with Gasteiger partial charge in [-0.15, -0.1) is 0 Å². The number of fused-ring (bicyclic) bond motifs is 9. The molecule has 2 aliphatic rings. The number of nitrogens with zero attached hydrogens (tertiary/aromatic N) is 2. The summed E-state index contributed by atoms with van der Waals surface area (Å²) in [6.45, 7) is 16.7. The topological polar surface area (TPSA) is 19.6 Å². The van der Waals surface area contributed by atoms with Crippen LogP contribution >= 0.6 is 0 Å².